The highest BCUT2D eigenvalue weighted by Crippen LogP contribution is 2.03. The molecule has 94 valence electrons. The van der Waals surface area contributed by atoms with Gasteiger partial charge in [-0.15, -0.1) is 0 Å². The predicted molar refractivity (Wildman–Crippen MR) is 62.1 cm³/mol. The minimum atomic E-state index is -0.309. The number of guanidine groups is 1. The maximum absolute atomic E-state index is 11.2. The standard InChI is InChI=1S/C10H17N5O2/c1-8-7-15(4-5-17-8)10(12)14-6-9(16)13-3-2-11/h8H,3-7H2,1H3,(H2,12,14)(H,13,16). The number of carbonyl (C=O) groups is 1. The number of hydrogen-bond donors (Lipinski definition) is 2. The molecule has 1 atom stereocenters. The van der Waals surface area contributed by atoms with Crippen molar-refractivity contribution in [2.24, 2.45) is 10.7 Å². The van der Waals surface area contributed by atoms with E-state index in [1.165, 1.54) is 0 Å². The van der Waals surface area contributed by atoms with Crippen molar-refractivity contribution in [3.8, 4) is 6.07 Å². The van der Waals surface area contributed by atoms with Crippen LogP contribution in [0.1, 0.15) is 6.92 Å². The predicted octanol–water partition coefficient (Wildman–Crippen LogP) is -1.34. The second kappa shape index (κ2) is 6.70. The van der Waals surface area contributed by atoms with Crippen LogP contribution in [0.15, 0.2) is 4.99 Å². The van der Waals surface area contributed by atoms with Crippen LogP contribution < -0.4 is 11.1 Å². The van der Waals surface area contributed by atoms with Gasteiger partial charge in [-0.05, 0) is 6.92 Å². The summed E-state index contributed by atoms with van der Waals surface area (Å²) in [6, 6.07) is 1.82. The first-order valence-electron chi connectivity index (χ1n) is 5.43. The van der Waals surface area contributed by atoms with E-state index in [9.17, 15) is 4.79 Å². The molecule has 7 heteroatoms. The zero-order chi connectivity index (χ0) is 12.7. The van der Waals surface area contributed by atoms with Gasteiger partial charge < -0.3 is 20.7 Å². The summed E-state index contributed by atoms with van der Waals surface area (Å²) in [5.41, 5.74) is 5.76. The van der Waals surface area contributed by atoms with E-state index in [-0.39, 0.29) is 25.1 Å². The van der Waals surface area contributed by atoms with E-state index in [2.05, 4.69) is 10.3 Å². The maximum Gasteiger partial charge on any atom is 0.242 e. The van der Waals surface area contributed by atoms with Crippen molar-refractivity contribution in [2.75, 3.05) is 32.8 Å². The average molecular weight is 239 g/mol. The van der Waals surface area contributed by atoms with E-state index in [0.717, 1.165) is 0 Å². The summed E-state index contributed by atoms with van der Waals surface area (Å²) in [6.07, 6.45) is 0.116. The summed E-state index contributed by atoms with van der Waals surface area (Å²) in [4.78, 5) is 17.0. The summed E-state index contributed by atoms with van der Waals surface area (Å²) in [5.74, 6) is 0.0306. The molecule has 0 aromatic heterocycles. The zero-order valence-corrected chi connectivity index (χ0v) is 9.85. The summed E-state index contributed by atoms with van der Waals surface area (Å²) in [5, 5.41) is 10.7. The van der Waals surface area contributed by atoms with Crippen molar-refractivity contribution in [1.82, 2.24) is 10.2 Å². The molecule has 1 amide bonds. The Morgan fingerprint density at radius 1 is 1.76 bits per heavy atom. The molecule has 0 aliphatic carbocycles. The lowest BCUT2D eigenvalue weighted by molar-refractivity contribution is -0.119. The van der Waals surface area contributed by atoms with Gasteiger partial charge in [0.05, 0.1) is 18.8 Å². The highest BCUT2D eigenvalue weighted by molar-refractivity contribution is 5.84. The van der Waals surface area contributed by atoms with E-state index < -0.39 is 0 Å². The first-order chi connectivity index (χ1) is 8.13. The SMILES string of the molecule is CC1CN(C(N)=NCC(=O)NCC#N)CCO1. The number of morpholine rings is 1. The van der Waals surface area contributed by atoms with E-state index in [1.807, 2.05) is 17.9 Å². The van der Waals surface area contributed by atoms with Crippen LogP contribution in [-0.2, 0) is 9.53 Å². The Kier molecular flexibility index (Phi) is 5.23. The van der Waals surface area contributed by atoms with Crippen LogP contribution in [0, 0.1) is 11.3 Å². The number of nitrogens with zero attached hydrogens (tertiary/aromatic N) is 3. The molecule has 0 bridgehead atoms. The highest BCUT2D eigenvalue weighted by atomic mass is 16.5. The largest absolute Gasteiger partial charge is 0.375 e. The Balaban J connectivity index is 2.38. The number of nitriles is 1. The Hall–Kier alpha value is -1.81. The molecule has 1 unspecified atom stereocenters. The quantitative estimate of drug-likeness (QED) is 0.360. The Labute approximate surface area is 100 Å². The minimum Gasteiger partial charge on any atom is -0.375 e. The molecule has 7 nitrogen and oxygen atoms in total. The molecule has 0 radical (unpaired) electrons. The van der Waals surface area contributed by atoms with Crippen LogP contribution in [0.2, 0.25) is 0 Å². The molecule has 1 aliphatic rings. The van der Waals surface area contributed by atoms with Gasteiger partial charge >= 0.3 is 0 Å². The molecule has 1 saturated heterocycles. The smallest absolute Gasteiger partial charge is 0.242 e. The lowest BCUT2D eigenvalue weighted by Gasteiger charge is -2.31. The summed E-state index contributed by atoms with van der Waals surface area (Å²) in [7, 11) is 0. The minimum absolute atomic E-state index is 0.0111. The first kappa shape index (κ1) is 13.3. The Morgan fingerprint density at radius 2 is 2.53 bits per heavy atom. The van der Waals surface area contributed by atoms with Crippen molar-refractivity contribution in [2.45, 2.75) is 13.0 Å². The van der Waals surface area contributed by atoms with Gasteiger partial charge in [0.25, 0.3) is 0 Å². The topological polar surface area (TPSA) is 104 Å². The number of hydrogen-bond acceptors (Lipinski definition) is 4. The third-order valence-corrected chi connectivity index (χ3v) is 2.31. The number of aliphatic imine (C=N–C) groups is 1. The van der Waals surface area contributed by atoms with Gasteiger partial charge in [-0.1, -0.05) is 0 Å². The van der Waals surface area contributed by atoms with Crippen LogP contribution in [0.3, 0.4) is 0 Å². The Bertz CT molecular complexity index is 336. The van der Waals surface area contributed by atoms with Crippen LogP contribution in [-0.4, -0.2) is 55.7 Å². The molecule has 0 aromatic carbocycles. The molecule has 0 spiro atoms. The normalized spacial score (nSPS) is 20.8. The van der Waals surface area contributed by atoms with E-state index in [4.69, 9.17) is 15.7 Å². The van der Waals surface area contributed by atoms with Gasteiger partial charge in [-0.25, -0.2) is 4.99 Å². The third kappa shape index (κ3) is 4.70. The Morgan fingerprint density at radius 3 is 3.18 bits per heavy atom. The third-order valence-electron chi connectivity index (χ3n) is 2.31. The fourth-order valence-corrected chi connectivity index (χ4v) is 1.47. The molecule has 1 heterocycles. The van der Waals surface area contributed by atoms with Crippen molar-refractivity contribution < 1.29 is 9.53 Å². The second-order valence-corrected chi connectivity index (χ2v) is 3.74. The van der Waals surface area contributed by atoms with Crippen molar-refractivity contribution in [3.63, 3.8) is 0 Å². The maximum atomic E-state index is 11.2. The number of amides is 1. The van der Waals surface area contributed by atoms with Gasteiger partial charge in [0.15, 0.2) is 5.96 Å². The summed E-state index contributed by atoms with van der Waals surface area (Å²) >= 11 is 0. The number of nitrogens with one attached hydrogen (secondary N) is 1. The van der Waals surface area contributed by atoms with Gasteiger partial charge in [-0.2, -0.15) is 5.26 Å². The molecule has 1 fully saturated rings. The molecule has 17 heavy (non-hydrogen) atoms. The van der Waals surface area contributed by atoms with Gasteiger partial charge in [0.2, 0.25) is 5.91 Å². The van der Waals surface area contributed by atoms with E-state index in [1.54, 1.807) is 0 Å². The lowest BCUT2D eigenvalue weighted by Crippen LogP contribution is -2.48. The number of rotatable bonds is 3. The van der Waals surface area contributed by atoms with Gasteiger partial charge in [0, 0.05) is 13.1 Å². The zero-order valence-electron chi connectivity index (χ0n) is 9.85. The first-order valence-corrected chi connectivity index (χ1v) is 5.43. The van der Waals surface area contributed by atoms with Crippen molar-refractivity contribution in [3.05, 3.63) is 0 Å². The van der Waals surface area contributed by atoms with Crippen molar-refractivity contribution >= 4 is 11.9 Å². The average Bonchev–Trinajstić information content (AvgIpc) is 2.33. The van der Waals surface area contributed by atoms with Gasteiger partial charge in [-0.3, -0.25) is 4.79 Å². The van der Waals surface area contributed by atoms with Crippen LogP contribution in [0.25, 0.3) is 0 Å². The van der Waals surface area contributed by atoms with Gasteiger partial charge in [0.1, 0.15) is 13.1 Å². The van der Waals surface area contributed by atoms with E-state index in [0.29, 0.717) is 25.7 Å². The molecular formula is C10H17N5O2. The van der Waals surface area contributed by atoms with Crippen LogP contribution in [0.4, 0.5) is 0 Å². The molecule has 1 aliphatic heterocycles. The molecule has 1 rings (SSSR count). The fourth-order valence-electron chi connectivity index (χ4n) is 1.47. The van der Waals surface area contributed by atoms with Crippen LogP contribution in [0.5, 0.6) is 0 Å². The summed E-state index contributed by atoms with van der Waals surface area (Å²) < 4.78 is 5.37. The van der Waals surface area contributed by atoms with Crippen molar-refractivity contribution in [1.29, 1.82) is 5.26 Å². The molecular weight excluding hydrogens is 222 g/mol. The molecule has 3 N–H and O–H groups in total. The summed E-state index contributed by atoms with van der Waals surface area (Å²) in [6.45, 7) is 3.85. The number of carbonyl (C=O) groups excluding carboxylic acids is 1. The monoisotopic (exact) mass is 239 g/mol. The second-order valence-electron chi connectivity index (χ2n) is 3.74. The molecule has 0 aromatic rings. The van der Waals surface area contributed by atoms with E-state index >= 15 is 0 Å². The molecule has 0 saturated carbocycles. The highest BCUT2D eigenvalue weighted by Gasteiger charge is 2.18. The number of nitrogens with two attached hydrogens (primary N) is 1. The fraction of sp³-hybridized carbons (Fsp3) is 0.700. The van der Waals surface area contributed by atoms with Crippen LogP contribution >= 0.6 is 0 Å². The number of ether oxygens (including phenoxy) is 1. The lowest BCUT2D eigenvalue weighted by atomic mass is 10.3.